The Hall–Kier alpha value is -2.04. The highest BCUT2D eigenvalue weighted by molar-refractivity contribution is 5.84. The van der Waals surface area contributed by atoms with Gasteiger partial charge in [-0.3, -0.25) is 9.59 Å². The molecule has 0 aromatic heterocycles. The predicted molar refractivity (Wildman–Crippen MR) is 87.3 cm³/mol. The number of carbonyl (C=O) groups is 2. The van der Waals surface area contributed by atoms with E-state index in [-0.39, 0.29) is 18.4 Å². The number of ether oxygens (including phenoxy) is 2. The second-order valence-electron chi connectivity index (χ2n) is 5.96. The van der Waals surface area contributed by atoms with Crippen molar-refractivity contribution in [2.75, 3.05) is 7.11 Å². The molecule has 0 radical (unpaired) electrons. The average molecular weight is 319 g/mol. The molecule has 1 aromatic rings. The second-order valence-corrected chi connectivity index (χ2v) is 5.96. The fourth-order valence-electron chi connectivity index (χ4n) is 2.86. The molecule has 0 spiro atoms. The lowest BCUT2D eigenvalue weighted by molar-refractivity contribution is -0.154. The van der Waals surface area contributed by atoms with E-state index in [0.717, 1.165) is 31.2 Å². The Labute approximate surface area is 137 Å². The molecule has 1 fully saturated rings. The van der Waals surface area contributed by atoms with Crippen molar-refractivity contribution < 1.29 is 19.1 Å². The Morgan fingerprint density at radius 1 is 1.22 bits per heavy atom. The van der Waals surface area contributed by atoms with Crippen molar-refractivity contribution in [3.8, 4) is 5.75 Å². The van der Waals surface area contributed by atoms with Crippen molar-refractivity contribution in [1.82, 2.24) is 5.32 Å². The van der Waals surface area contributed by atoms with Gasteiger partial charge in [-0.1, -0.05) is 37.5 Å². The molecule has 5 heteroatoms. The summed E-state index contributed by atoms with van der Waals surface area (Å²) in [7, 11) is 1.56. The summed E-state index contributed by atoms with van der Waals surface area (Å²) >= 11 is 0. The highest BCUT2D eigenvalue weighted by Crippen LogP contribution is 2.19. The van der Waals surface area contributed by atoms with Crippen LogP contribution in [-0.2, 0) is 20.7 Å². The Morgan fingerprint density at radius 3 is 2.61 bits per heavy atom. The van der Waals surface area contributed by atoms with Gasteiger partial charge in [0, 0.05) is 11.6 Å². The van der Waals surface area contributed by atoms with Crippen LogP contribution in [0.1, 0.15) is 44.6 Å². The third kappa shape index (κ3) is 5.27. The molecule has 1 aliphatic carbocycles. The van der Waals surface area contributed by atoms with Crippen LogP contribution in [0, 0.1) is 0 Å². The van der Waals surface area contributed by atoms with E-state index in [0.29, 0.717) is 5.75 Å². The van der Waals surface area contributed by atoms with Crippen molar-refractivity contribution >= 4 is 11.9 Å². The highest BCUT2D eigenvalue weighted by atomic mass is 16.5. The lowest BCUT2D eigenvalue weighted by Gasteiger charge is -2.24. The van der Waals surface area contributed by atoms with Crippen molar-refractivity contribution in [1.29, 1.82) is 0 Å². The highest BCUT2D eigenvalue weighted by Gasteiger charge is 2.22. The number of carbonyl (C=O) groups excluding carboxylic acids is 2. The minimum Gasteiger partial charge on any atom is -0.496 e. The Morgan fingerprint density at radius 2 is 1.91 bits per heavy atom. The fourth-order valence-corrected chi connectivity index (χ4v) is 2.86. The summed E-state index contributed by atoms with van der Waals surface area (Å²) in [6, 6.07) is 7.50. The molecule has 0 saturated heterocycles. The van der Waals surface area contributed by atoms with E-state index in [1.165, 1.54) is 6.42 Å². The van der Waals surface area contributed by atoms with Crippen LogP contribution in [-0.4, -0.2) is 31.1 Å². The van der Waals surface area contributed by atoms with E-state index in [4.69, 9.17) is 9.47 Å². The first kappa shape index (κ1) is 17.3. The van der Waals surface area contributed by atoms with Crippen LogP contribution >= 0.6 is 0 Å². The lowest BCUT2D eigenvalue weighted by atomic mass is 9.95. The van der Waals surface area contributed by atoms with Gasteiger partial charge in [-0.2, -0.15) is 0 Å². The smallest absolute Gasteiger partial charge is 0.311 e. The maximum atomic E-state index is 12.1. The first-order valence-corrected chi connectivity index (χ1v) is 8.22. The molecule has 1 saturated carbocycles. The van der Waals surface area contributed by atoms with E-state index < -0.39 is 12.1 Å². The number of rotatable bonds is 6. The predicted octanol–water partition coefficient (Wildman–Crippen LogP) is 2.62. The monoisotopic (exact) mass is 319 g/mol. The zero-order valence-electron chi connectivity index (χ0n) is 13.8. The maximum Gasteiger partial charge on any atom is 0.311 e. The molecule has 0 bridgehead atoms. The Balaban J connectivity index is 1.82. The van der Waals surface area contributed by atoms with Gasteiger partial charge in [0.25, 0.3) is 5.91 Å². The topological polar surface area (TPSA) is 64.6 Å². The van der Waals surface area contributed by atoms with Gasteiger partial charge in [-0.25, -0.2) is 0 Å². The number of nitrogens with one attached hydrogen (secondary N) is 1. The largest absolute Gasteiger partial charge is 0.496 e. The first-order chi connectivity index (χ1) is 11.1. The van der Waals surface area contributed by atoms with Crippen LogP contribution in [0.3, 0.4) is 0 Å². The summed E-state index contributed by atoms with van der Waals surface area (Å²) in [6.45, 7) is 1.61. The standard InChI is InChI=1S/C18H25NO4/c1-13(18(21)19-15-9-4-3-5-10-15)23-17(20)12-14-8-6-7-11-16(14)22-2/h6-8,11,13,15H,3-5,9-10,12H2,1-2H3,(H,19,21). The summed E-state index contributed by atoms with van der Waals surface area (Å²) < 4.78 is 10.5. The molecule has 1 unspecified atom stereocenters. The van der Waals surface area contributed by atoms with Gasteiger partial charge < -0.3 is 14.8 Å². The van der Waals surface area contributed by atoms with E-state index in [9.17, 15) is 9.59 Å². The Kier molecular flexibility index (Phi) is 6.44. The molecule has 1 atom stereocenters. The summed E-state index contributed by atoms with van der Waals surface area (Å²) in [4.78, 5) is 24.1. The van der Waals surface area contributed by atoms with Gasteiger partial charge in [-0.05, 0) is 25.8 Å². The molecule has 1 aliphatic rings. The van der Waals surface area contributed by atoms with Crippen molar-refractivity contribution in [2.45, 2.75) is 57.6 Å². The Bertz CT molecular complexity index is 538. The molecule has 2 rings (SSSR count). The zero-order valence-corrected chi connectivity index (χ0v) is 13.8. The molecule has 126 valence electrons. The van der Waals surface area contributed by atoms with Crippen LogP contribution in [0.2, 0.25) is 0 Å². The van der Waals surface area contributed by atoms with Crippen LogP contribution in [0.5, 0.6) is 5.75 Å². The summed E-state index contributed by atoms with van der Waals surface area (Å²) in [5, 5.41) is 2.97. The normalized spacial score (nSPS) is 16.4. The molecule has 0 heterocycles. The molecule has 1 aromatic carbocycles. The SMILES string of the molecule is COc1ccccc1CC(=O)OC(C)C(=O)NC1CCCCC1. The van der Waals surface area contributed by atoms with Gasteiger partial charge in [0.2, 0.25) is 0 Å². The second kappa shape index (κ2) is 8.56. The van der Waals surface area contributed by atoms with Crippen LogP contribution in [0.15, 0.2) is 24.3 Å². The third-order valence-corrected chi connectivity index (χ3v) is 4.16. The summed E-state index contributed by atoms with van der Waals surface area (Å²) in [5.41, 5.74) is 0.750. The molecular weight excluding hydrogens is 294 g/mol. The number of methoxy groups -OCH3 is 1. The van der Waals surface area contributed by atoms with Crippen molar-refractivity contribution in [2.24, 2.45) is 0 Å². The molecule has 5 nitrogen and oxygen atoms in total. The van der Waals surface area contributed by atoms with Crippen LogP contribution < -0.4 is 10.1 Å². The van der Waals surface area contributed by atoms with Crippen molar-refractivity contribution in [3.05, 3.63) is 29.8 Å². The van der Waals surface area contributed by atoms with Gasteiger partial charge in [-0.15, -0.1) is 0 Å². The zero-order chi connectivity index (χ0) is 16.7. The van der Waals surface area contributed by atoms with Crippen LogP contribution in [0.4, 0.5) is 0 Å². The molecule has 1 N–H and O–H groups in total. The number of benzene rings is 1. The minimum atomic E-state index is -0.779. The maximum absolute atomic E-state index is 12.1. The number of hydrogen-bond donors (Lipinski definition) is 1. The summed E-state index contributed by atoms with van der Waals surface area (Å²) in [6.07, 6.45) is 4.85. The van der Waals surface area contributed by atoms with Gasteiger partial charge in [0.15, 0.2) is 6.10 Å². The lowest BCUT2D eigenvalue weighted by Crippen LogP contribution is -2.42. The van der Waals surface area contributed by atoms with E-state index in [1.54, 1.807) is 20.1 Å². The van der Waals surface area contributed by atoms with Gasteiger partial charge in [0.05, 0.1) is 13.5 Å². The number of esters is 1. The van der Waals surface area contributed by atoms with Crippen LogP contribution in [0.25, 0.3) is 0 Å². The number of amides is 1. The quantitative estimate of drug-likeness (QED) is 0.819. The molecule has 1 amide bonds. The minimum absolute atomic E-state index is 0.0884. The molecular formula is C18H25NO4. The molecule has 0 aliphatic heterocycles. The number of hydrogen-bond acceptors (Lipinski definition) is 4. The van der Waals surface area contributed by atoms with Gasteiger partial charge >= 0.3 is 5.97 Å². The van der Waals surface area contributed by atoms with E-state index >= 15 is 0 Å². The summed E-state index contributed by atoms with van der Waals surface area (Å²) in [5.74, 6) is -0.00479. The van der Waals surface area contributed by atoms with Gasteiger partial charge in [0.1, 0.15) is 5.75 Å². The van der Waals surface area contributed by atoms with E-state index in [1.807, 2.05) is 18.2 Å². The fraction of sp³-hybridized carbons (Fsp3) is 0.556. The number of para-hydroxylation sites is 1. The van der Waals surface area contributed by atoms with Crippen molar-refractivity contribution in [3.63, 3.8) is 0 Å². The van der Waals surface area contributed by atoms with E-state index in [2.05, 4.69) is 5.32 Å². The average Bonchev–Trinajstić information content (AvgIpc) is 2.56. The molecule has 23 heavy (non-hydrogen) atoms. The first-order valence-electron chi connectivity index (χ1n) is 8.22. The third-order valence-electron chi connectivity index (χ3n) is 4.16.